The molecule has 0 fully saturated rings. The lowest BCUT2D eigenvalue weighted by Crippen LogP contribution is -2.39. The maximum Gasteiger partial charge on any atom is 0.242 e. The summed E-state index contributed by atoms with van der Waals surface area (Å²) in [7, 11) is 1.95. The van der Waals surface area contributed by atoms with Crippen LogP contribution < -0.4 is 5.32 Å². The summed E-state index contributed by atoms with van der Waals surface area (Å²) in [4.78, 5) is 19.9. The molecule has 0 aliphatic carbocycles. The fraction of sp³-hybridized carbons (Fsp3) is 0.562. The van der Waals surface area contributed by atoms with Crippen LogP contribution in [0.1, 0.15) is 43.1 Å². The van der Waals surface area contributed by atoms with E-state index in [1.54, 1.807) is 17.5 Å². The van der Waals surface area contributed by atoms with E-state index in [9.17, 15) is 4.79 Å². The molecule has 0 saturated carbocycles. The van der Waals surface area contributed by atoms with Crippen LogP contribution in [0.15, 0.2) is 18.5 Å². The van der Waals surface area contributed by atoms with E-state index in [-0.39, 0.29) is 18.0 Å². The third-order valence-corrected chi connectivity index (χ3v) is 4.94. The first-order chi connectivity index (χ1) is 10.9. The molecule has 2 atom stereocenters. The van der Waals surface area contributed by atoms with Gasteiger partial charge in [0.2, 0.25) is 5.91 Å². The van der Waals surface area contributed by atoms with Gasteiger partial charge in [-0.3, -0.25) is 9.69 Å². The third kappa shape index (κ3) is 4.39. The van der Waals surface area contributed by atoms with Crippen LogP contribution in [0.2, 0.25) is 0 Å². The van der Waals surface area contributed by atoms with Crippen molar-refractivity contribution < 1.29 is 4.79 Å². The zero-order chi connectivity index (χ0) is 17.0. The molecule has 0 saturated heterocycles. The number of carbonyl (C=O) groups excluding carboxylic acids is 1. The summed E-state index contributed by atoms with van der Waals surface area (Å²) in [5, 5.41) is 8.33. The first-order valence-corrected chi connectivity index (χ1v) is 8.70. The first kappa shape index (κ1) is 17.6. The molecule has 0 spiro atoms. The van der Waals surface area contributed by atoms with E-state index < -0.39 is 0 Å². The third-order valence-electron chi connectivity index (χ3n) is 4.04. The molecule has 23 heavy (non-hydrogen) atoms. The second-order valence-corrected chi connectivity index (χ2v) is 7.16. The van der Waals surface area contributed by atoms with Crippen LogP contribution >= 0.6 is 11.3 Å². The second kappa shape index (κ2) is 7.70. The largest absolute Gasteiger partial charge is 0.310 e. The molecular weight excluding hydrogens is 310 g/mol. The smallest absolute Gasteiger partial charge is 0.242 e. The minimum atomic E-state index is -0.238. The summed E-state index contributed by atoms with van der Waals surface area (Å²) in [6, 6.07) is 1.86. The minimum Gasteiger partial charge on any atom is -0.310 e. The lowest BCUT2D eigenvalue weighted by molar-refractivity contribution is -0.120. The Kier molecular flexibility index (Phi) is 5.90. The Balaban J connectivity index is 1.98. The molecule has 0 aliphatic heterocycles. The van der Waals surface area contributed by atoms with Gasteiger partial charge in [0.25, 0.3) is 0 Å². The van der Waals surface area contributed by atoms with Crippen molar-refractivity contribution in [2.45, 2.75) is 52.7 Å². The summed E-state index contributed by atoms with van der Waals surface area (Å²) < 4.78 is 1.86. The Labute approximate surface area is 141 Å². The molecule has 0 unspecified atom stereocenters. The fourth-order valence-corrected chi connectivity index (χ4v) is 3.09. The number of aryl methyl sites for hydroxylation is 1. The van der Waals surface area contributed by atoms with Crippen LogP contribution in [-0.4, -0.2) is 38.7 Å². The van der Waals surface area contributed by atoms with Gasteiger partial charge in [-0.25, -0.2) is 9.67 Å². The molecule has 6 nitrogen and oxygen atoms in total. The highest BCUT2D eigenvalue weighted by molar-refractivity contribution is 7.11. The highest BCUT2D eigenvalue weighted by atomic mass is 32.1. The average Bonchev–Trinajstić information content (AvgIpc) is 3.14. The van der Waals surface area contributed by atoms with Gasteiger partial charge >= 0.3 is 0 Å². The van der Waals surface area contributed by atoms with Crippen molar-refractivity contribution in [3.8, 4) is 0 Å². The van der Waals surface area contributed by atoms with Crippen LogP contribution in [0.25, 0.3) is 0 Å². The van der Waals surface area contributed by atoms with Crippen molar-refractivity contribution in [1.29, 1.82) is 0 Å². The van der Waals surface area contributed by atoms with Crippen molar-refractivity contribution in [2.24, 2.45) is 0 Å². The van der Waals surface area contributed by atoms with Crippen molar-refractivity contribution in [3.05, 3.63) is 28.3 Å². The minimum absolute atomic E-state index is 0.0289. The van der Waals surface area contributed by atoms with Gasteiger partial charge in [-0.05, 0) is 34.2 Å². The molecule has 0 bridgehead atoms. The van der Waals surface area contributed by atoms with E-state index in [0.29, 0.717) is 6.54 Å². The van der Waals surface area contributed by atoms with E-state index in [1.807, 2.05) is 42.7 Å². The molecule has 2 rings (SSSR count). The SMILES string of the molecule is CC[C@H](C)n1nccc1NC(=O)[C@H](C)N(C)Cc1cnc(C)s1. The number of thiazole rings is 1. The van der Waals surface area contributed by atoms with Gasteiger partial charge in [-0.2, -0.15) is 5.10 Å². The standard InChI is InChI=1S/C16H25N5OS/c1-6-11(2)21-15(7-8-18-21)19-16(22)12(3)20(5)10-14-9-17-13(4)23-14/h7-9,11-12H,6,10H2,1-5H3,(H,19,22)/t11-,12-/m0/s1. The second-order valence-electron chi connectivity index (χ2n) is 5.84. The van der Waals surface area contributed by atoms with Crippen LogP contribution in [0.4, 0.5) is 5.82 Å². The zero-order valence-electron chi connectivity index (χ0n) is 14.4. The number of likely N-dealkylation sites (N-methyl/N-ethyl adjacent to an activating group) is 1. The van der Waals surface area contributed by atoms with E-state index in [0.717, 1.165) is 22.1 Å². The van der Waals surface area contributed by atoms with Crippen molar-refractivity contribution in [3.63, 3.8) is 0 Å². The van der Waals surface area contributed by atoms with Crippen molar-refractivity contribution >= 4 is 23.1 Å². The number of amides is 1. The van der Waals surface area contributed by atoms with Gasteiger partial charge in [0, 0.05) is 23.7 Å². The molecule has 1 N–H and O–H groups in total. The number of carbonyl (C=O) groups is 1. The molecule has 0 radical (unpaired) electrons. The summed E-state index contributed by atoms with van der Waals surface area (Å²) in [6.07, 6.45) is 4.56. The number of hydrogen-bond acceptors (Lipinski definition) is 5. The lowest BCUT2D eigenvalue weighted by atomic mass is 10.2. The number of nitrogens with one attached hydrogen (secondary N) is 1. The summed E-state index contributed by atoms with van der Waals surface area (Å²) in [5.41, 5.74) is 0. The van der Waals surface area contributed by atoms with Crippen molar-refractivity contribution in [1.82, 2.24) is 19.7 Å². The Bertz CT molecular complexity index is 650. The lowest BCUT2D eigenvalue weighted by Gasteiger charge is -2.23. The van der Waals surface area contributed by atoms with Gasteiger partial charge in [0.1, 0.15) is 5.82 Å². The fourth-order valence-electron chi connectivity index (χ4n) is 2.23. The predicted octanol–water partition coefficient (Wildman–Crippen LogP) is 3.08. The number of nitrogens with zero attached hydrogens (tertiary/aromatic N) is 4. The highest BCUT2D eigenvalue weighted by Crippen LogP contribution is 2.18. The van der Waals surface area contributed by atoms with Crippen LogP contribution in [0.5, 0.6) is 0 Å². The quantitative estimate of drug-likeness (QED) is 0.844. The van der Waals surface area contributed by atoms with E-state index in [1.165, 1.54) is 0 Å². The Morgan fingerprint density at radius 3 is 2.83 bits per heavy atom. The summed E-state index contributed by atoms with van der Waals surface area (Å²) in [5.74, 6) is 0.719. The molecular formula is C16H25N5OS. The average molecular weight is 335 g/mol. The monoisotopic (exact) mass is 335 g/mol. The highest BCUT2D eigenvalue weighted by Gasteiger charge is 2.20. The molecule has 2 aromatic rings. The number of hydrogen-bond donors (Lipinski definition) is 1. The van der Waals surface area contributed by atoms with Crippen LogP contribution in [0, 0.1) is 6.92 Å². The van der Waals surface area contributed by atoms with Gasteiger partial charge in [0.15, 0.2) is 0 Å². The Morgan fingerprint density at radius 1 is 1.48 bits per heavy atom. The Morgan fingerprint density at radius 2 is 2.22 bits per heavy atom. The van der Waals surface area contributed by atoms with Gasteiger partial charge in [0.05, 0.1) is 23.3 Å². The van der Waals surface area contributed by atoms with Gasteiger partial charge < -0.3 is 5.32 Å². The van der Waals surface area contributed by atoms with Crippen LogP contribution in [0.3, 0.4) is 0 Å². The number of anilines is 1. The first-order valence-electron chi connectivity index (χ1n) is 7.88. The number of aromatic nitrogens is 3. The van der Waals surface area contributed by atoms with Crippen LogP contribution in [-0.2, 0) is 11.3 Å². The molecule has 0 aromatic carbocycles. The van der Waals surface area contributed by atoms with E-state index in [2.05, 4.69) is 29.2 Å². The topological polar surface area (TPSA) is 63.1 Å². The molecule has 2 aromatic heterocycles. The maximum atomic E-state index is 12.5. The maximum absolute atomic E-state index is 12.5. The molecule has 0 aliphatic rings. The molecule has 7 heteroatoms. The Hall–Kier alpha value is -1.73. The number of rotatable bonds is 7. The van der Waals surface area contributed by atoms with Gasteiger partial charge in [-0.1, -0.05) is 6.92 Å². The molecule has 2 heterocycles. The molecule has 126 valence electrons. The van der Waals surface area contributed by atoms with E-state index in [4.69, 9.17) is 0 Å². The van der Waals surface area contributed by atoms with Crippen molar-refractivity contribution in [2.75, 3.05) is 12.4 Å². The van der Waals surface area contributed by atoms with Gasteiger partial charge in [-0.15, -0.1) is 11.3 Å². The normalized spacial score (nSPS) is 14.0. The predicted molar refractivity (Wildman–Crippen MR) is 93.6 cm³/mol. The van der Waals surface area contributed by atoms with E-state index >= 15 is 0 Å². The zero-order valence-corrected chi connectivity index (χ0v) is 15.2. The summed E-state index contributed by atoms with van der Waals surface area (Å²) >= 11 is 1.66. The molecule has 1 amide bonds. The summed E-state index contributed by atoms with van der Waals surface area (Å²) in [6.45, 7) is 8.80.